The fourth-order valence-corrected chi connectivity index (χ4v) is 8.17. The Labute approximate surface area is 211 Å². The summed E-state index contributed by atoms with van der Waals surface area (Å²) < 4.78 is 3.55. The summed E-state index contributed by atoms with van der Waals surface area (Å²) in [7, 11) is 1.36. The van der Waals surface area contributed by atoms with Gasteiger partial charge in [-0.3, -0.25) is 19.7 Å². The molecular formula is C25H16Br2N2O5. The highest BCUT2D eigenvalue weighted by Crippen LogP contribution is 2.71. The van der Waals surface area contributed by atoms with Crippen LogP contribution in [0.4, 0.5) is 11.4 Å². The first kappa shape index (κ1) is 21.5. The molecule has 2 bridgehead atoms. The molecule has 1 fully saturated rings. The standard InChI is InChI=1S/C25H16Br2N2O5/c1-34-19-12-13(29(32)33)10-11-18(19)28-22(30)20-21(23(28)31)25(27)15-7-3-2-6-14(15)24(20,26)16-8-4-5-9-17(16)25/h2-12,20-21H,1H3/t20-,21-,24?,25?/m1/s1. The average molecular weight is 584 g/mol. The van der Waals surface area contributed by atoms with Crippen molar-refractivity contribution < 1.29 is 19.2 Å². The van der Waals surface area contributed by atoms with Crippen LogP contribution in [-0.2, 0) is 18.2 Å². The summed E-state index contributed by atoms with van der Waals surface area (Å²) in [5.74, 6) is -2.14. The number of nitro groups is 1. The van der Waals surface area contributed by atoms with E-state index in [-0.39, 0.29) is 28.9 Å². The number of halogens is 2. The second-order valence-electron chi connectivity index (χ2n) is 8.60. The van der Waals surface area contributed by atoms with E-state index in [1.54, 1.807) is 0 Å². The maximum Gasteiger partial charge on any atom is 0.273 e. The number of amides is 2. The molecule has 0 unspecified atom stereocenters. The van der Waals surface area contributed by atoms with Crippen LogP contribution >= 0.6 is 31.9 Å². The largest absolute Gasteiger partial charge is 0.494 e. The minimum absolute atomic E-state index is 0.0872. The molecule has 34 heavy (non-hydrogen) atoms. The number of hydrogen-bond acceptors (Lipinski definition) is 5. The Bertz CT molecular complexity index is 1320. The number of non-ortho nitro benzene ring substituents is 1. The molecule has 2 atom stereocenters. The van der Waals surface area contributed by atoms with Crippen LogP contribution in [-0.4, -0.2) is 23.8 Å². The molecule has 3 aromatic rings. The van der Waals surface area contributed by atoms with E-state index in [9.17, 15) is 19.7 Å². The molecule has 0 spiro atoms. The van der Waals surface area contributed by atoms with Crippen molar-refractivity contribution in [3.05, 3.63) is 99.1 Å². The molecule has 7 nitrogen and oxygen atoms in total. The number of nitrogens with zero attached hydrogens (tertiary/aromatic N) is 2. The summed E-state index contributed by atoms with van der Waals surface area (Å²) in [6.07, 6.45) is 0. The Morgan fingerprint density at radius 1 is 0.853 bits per heavy atom. The van der Waals surface area contributed by atoms with E-state index in [1.807, 2.05) is 48.5 Å². The highest BCUT2D eigenvalue weighted by molar-refractivity contribution is 9.10. The minimum atomic E-state index is -0.907. The number of hydrogen-bond donors (Lipinski definition) is 0. The summed E-state index contributed by atoms with van der Waals surface area (Å²) >= 11 is 7.91. The van der Waals surface area contributed by atoms with Crippen LogP contribution in [0.3, 0.4) is 0 Å². The number of benzene rings is 3. The van der Waals surface area contributed by atoms with Crippen molar-refractivity contribution in [2.75, 3.05) is 12.0 Å². The molecule has 4 aliphatic rings. The van der Waals surface area contributed by atoms with Gasteiger partial charge in [0.15, 0.2) is 0 Å². The Hall–Kier alpha value is -3.04. The first-order valence-corrected chi connectivity index (χ1v) is 12.1. The van der Waals surface area contributed by atoms with Crippen LogP contribution in [0.1, 0.15) is 22.3 Å². The van der Waals surface area contributed by atoms with E-state index in [2.05, 4.69) is 31.9 Å². The van der Waals surface area contributed by atoms with Gasteiger partial charge >= 0.3 is 0 Å². The molecule has 7 rings (SSSR count). The molecule has 0 N–H and O–H groups in total. The van der Waals surface area contributed by atoms with Gasteiger partial charge in [0, 0.05) is 6.07 Å². The lowest BCUT2D eigenvalue weighted by Crippen LogP contribution is -2.56. The van der Waals surface area contributed by atoms with Crippen molar-refractivity contribution in [1.29, 1.82) is 0 Å². The lowest BCUT2D eigenvalue weighted by Gasteiger charge is -2.55. The van der Waals surface area contributed by atoms with E-state index in [0.717, 1.165) is 27.2 Å². The second kappa shape index (κ2) is 6.99. The molecule has 0 radical (unpaired) electrons. The Kier molecular flexibility index (Phi) is 4.42. The van der Waals surface area contributed by atoms with E-state index >= 15 is 0 Å². The zero-order chi connectivity index (χ0) is 24.0. The van der Waals surface area contributed by atoms with Crippen LogP contribution in [0.25, 0.3) is 0 Å². The maximum atomic E-state index is 14.1. The van der Waals surface area contributed by atoms with Gasteiger partial charge in [0.2, 0.25) is 11.8 Å². The number of alkyl halides is 2. The van der Waals surface area contributed by atoms with Crippen molar-refractivity contribution in [3.8, 4) is 5.75 Å². The molecule has 9 heteroatoms. The van der Waals surface area contributed by atoms with Gasteiger partial charge in [-0.2, -0.15) is 0 Å². The number of anilines is 1. The molecule has 3 aromatic carbocycles. The Morgan fingerprint density at radius 3 is 1.68 bits per heavy atom. The quantitative estimate of drug-likeness (QED) is 0.187. The highest BCUT2D eigenvalue weighted by Gasteiger charge is 2.72. The molecule has 1 heterocycles. The van der Waals surface area contributed by atoms with Gasteiger partial charge in [-0.05, 0) is 28.3 Å². The van der Waals surface area contributed by atoms with Crippen LogP contribution in [0.15, 0.2) is 66.7 Å². The van der Waals surface area contributed by atoms with E-state index in [0.29, 0.717) is 0 Å². The van der Waals surface area contributed by atoms with Gasteiger partial charge in [0.05, 0.1) is 44.3 Å². The predicted molar refractivity (Wildman–Crippen MR) is 131 cm³/mol. The zero-order valence-electron chi connectivity index (χ0n) is 17.7. The summed E-state index contributed by atoms with van der Waals surface area (Å²) in [5.41, 5.74) is 3.75. The SMILES string of the molecule is COc1cc([N+](=O)[O-])ccc1N1C(=O)[C@H]2[C@H](C1=O)C1(Br)c3ccccc3C2(Br)c2ccccc21. The lowest BCUT2D eigenvalue weighted by atomic mass is 9.54. The van der Waals surface area contributed by atoms with Gasteiger partial charge in [0.25, 0.3) is 5.69 Å². The summed E-state index contributed by atoms with van der Waals surface area (Å²) in [4.78, 5) is 40.0. The molecule has 0 saturated carbocycles. The van der Waals surface area contributed by atoms with Crippen molar-refractivity contribution in [2.24, 2.45) is 11.8 Å². The van der Waals surface area contributed by atoms with E-state index < -0.39 is 25.4 Å². The van der Waals surface area contributed by atoms with Crippen molar-refractivity contribution in [2.45, 2.75) is 8.65 Å². The van der Waals surface area contributed by atoms with Crippen molar-refractivity contribution >= 4 is 55.0 Å². The van der Waals surface area contributed by atoms with Gasteiger partial charge in [0.1, 0.15) is 5.75 Å². The zero-order valence-corrected chi connectivity index (χ0v) is 20.9. The lowest BCUT2D eigenvalue weighted by molar-refractivity contribution is -0.384. The minimum Gasteiger partial charge on any atom is -0.494 e. The van der Waals surface area contributed by atoms with Crippen LogP contribution in [0.5, 0.6) is 5.75 Å². The van der Waals surface area contributed by atoms with E-state index in [1.165, 1.54) is 25.3 Å². The number of rotatable bonds is 3. The second-order valence-corrected chi connectivity index (χ2v) is 11.1. The Balaban J connectivity index is 1.61. The molecular weight excluding hydrogens is 568 g/mol. The number of carbonyl (C=O) groups is 2. The smallest absolute Gasteiger partial charge is 0.273 e. The average Bonchev–Trinajstić information content (AvgIpc) is 3.13. The number of methoxy groups -OCH3 is 1. The number of imide groups is 1. The molecule has 0 aromatic heterocycles. The number of nitro benzene ring substituents is 1. The third kappa shape index (κ3) is 2.36. The van der Waals surface area contributed by atoms with Crippen molar-refractivity contribution in [1.82, 2.24) is 0 Å². The van der Waals surface area contributed by atoms with Gasteiger partial charge in [-0.25, -0.2) is 4.90 Å². The maximum absolute atomic E-state index is 14.1. The summed E-state index contributed by atoms with van der Waals surface area (Å²) in [5, 5.41) is 11.3. The van der Waals surface area contributed by atoms with Gasteiger partial charge < -0.3 is 4.74 Å². The summed E-state index contributed by atoms with van der Waals surface area (Å²) in [6, 6.07) is 19.5. The molecule has 170 valence electrons. The molecule has 3 aliphatic carbocycles. The molecule has 1 aliphatic heterocycles. The Morgan fingerprint density at radius 2 is 1.29 bits per heavy atom. The fourth-order valence-electron chi connectivity index (χ4n) is 5.87. The molecule has 1 saturated heterocycles. The van der Waals surface area contributed by atoms with E-state index in [4.69, 9.17) is 4.74 Å². The normalized spacial score (nSPS) is 28.4. The number of carbonyl (C=O) groups excluding carboxylic acids is 2. The third-order valence-corrected chi connectivity index (χ3v) is 9.90. The fraction of sp³-hybridized carbons (Fsp3) is 0.200. The summed E-state index contributed by atoms with van der Waals surface area (Å²) in [6.45, 7) is 0. The first-order chi connectivity index (χ1) is 16.3. The predicted octanol–water partition coefficient (Wildman–Crippen LogP) is 5.01. The third-order valence-electron chi connectivity index (χ3n) is 7.20. The molecule has 2 amide bonds. The van der Waals surface area contributed by atoms with Crippen LogP contribution in [0.2, 0.25) is 0 Å². The van der Waals surface area contributed by atoms with Gasteiger partial charge in [-0.15, -0.1) is 0 Å². The van der Waals surface area contributed by atoms with Crippen LogP contribution in [0, 0.1) is 22.0 Å². The van der Waals surface area contributed by atoms with Gasteiger partial charge in [-0.1, -0.05) is 80.4 Å². The monoisotopic (exact) mass is 582 g/mol. The highest BCUT2D eigenvalue weighted by atomic mass is 79.9. The number of ether oxygens (including phenoxy) is 1. The topological polar surface area (TPSA) is 89.8 Å². The van der Waals surface area contributed by atoms with Crippen LogP contribution < -0.4 is 9.64 Å². The first-order valence-electron chi connectivity index (χ1n) is 10.5. The van der Waals surface area contributed by atoms with Crippen molar-refractivity contribution in [3.63, 3.8) is 0 Å².